The molecule has 0 amide bonds. The molecular weight excluding hydrogens is 374 g/mol. The summed E-state index contributed by atoms with van der Waals surface area (Å²) in [6, 6.07) is 14.3. The van der Waals surface area contributed by atoms with Gasteiger partial charge in [0.15, 0.2) is 10.1 Å². The summed E-state index contributed by atoms with van der Waals surface area (Å²) >= 11 is 2.94. The molecule has 0 fully saturated rings. The lowest BCUT2D eigenvalue weighted by molar-refractivity contribution is 0.0994. The molecule has 0 spiro atoms. The normalized spacial score (nSPS) is 14.0. The van der Waals surface area contributed by atoms with Crippen LogP contribution in [0.2, 0.25) is 0 Å². The van der Waals surface area contributed by atoms with Gasteiger partial charge in [0.25, 0.3) is 0 Å². The van der Waals surface area contributed by atoms with Crippen LogP contribution in [0.4, 0.5) is 10.8 Å². The van der Waals surface area contributed by atoms with Crippen LogP contribution in [0.25, 0.3) is 0 Å². The molecule has 4 rings (SSSR count). The molecule has 27 heavy (non-hydrogen) atoms. The van der Waals surface area contributed by atoms with Gasteiger partial charge < -0.3 is 5.32 Å². The van der Waals surface area contributed by atoms with Crippen LogP contribution in [-0.4, -0.2) is 21.2 Å². The van der Waals surface area contributed by atoms with Gasteiger partial charge in [0.1, 0.15) is 0 Å². The van der Waals surface area contributed by atoms with E-state index in [0.717, 1.165) is 33.6 Å². The molecule has 1 heterocycles. The molecule has 6 heteroatoms. The summed E-state index contributed by atoms with van der Waals surface area (Å²) in [5.74, 6) is 0.151. The number of nitrogens with zero attached hydrogens (tertiary/aromatic N) is 2. The van der Waals surface area contributed by atoms with Crippen molar-refractivity contribution in [3.63, 3.8) is 0 Å². The highest BCUT2D eigenvalue weighted by Crippen LogP contribution is 2.32. The van der Waals surface area contributed by atoms with Gasteiger partial charge in [0, 0.05) is 11.3 Å². The first-order valence-corrected chi connectivity index (χ1v) is 10.8. The fourth-order valence-corrected chi connectivity index (χ4v) is 5.23. The number of hydrogen-bond acceptors (Lipinski definition) is 6. The fraction of sp³-hybridized carbons (Fsp3) is 0.286. The molecule has 0 radical (unpaired) electrons. The zero-order valence-electron chi connectivity index (χ0n) is 15.4. The Morgan fingerprint density at radius 2 is 1.89 bits per heavy atom. The van der Waals surface area contributed by atoms with E-state index in [9.17, 15) is 4.79 Å². The van der Waals surface area contributed by atoms with Crippen LogP contribution in [0, 0.1) is 6.92 Å². The number of fused-ring (bicyclic) bond motifs is 1. The van der Waals surface area contributed by atoms with E-state index < -0.39 is 0 Å². The van der Waals surface area contributed by atoms with Crippen molar-refractivity contribution in [2.75, 3.05) is 5.32 Å². The zero-order valence-corrected chi connectivity index (χ0v) is 17.0. The number of carbonyl (C=O) groups excluding carboxylic acids is 1. The number of benzene rings is 2. The number of carbonyl (C=O) groups is 1. The van der Waals surface area contributed by atoms with Crippen molar-refractivity contribution in [2.24, 2.45) is 0 Å². The predicted molar refractivity (Wildman–Crippen MR) is 112 cm³/mol. The van der Waals surface area contributed by atoms with Crippen LogP contribution in [0.15, 0.2) is 46.8 Å². The van der Waals surface area contributed by atoms with E-state index in [1.165, 1.54) is 46.2 Å². The van der Waals surface area contributed by atoms with Crippen molar-refractivity contribution in [2.45, 2.75) is 42.7 Å². The van der Waals surface area contributed by atoms with Gasteiger partial charge in [-0.3, -0.25) is 4.79 Å². The first-order valence-electron chi connectivity index (χ1n) is 9.08. The van der Waals surface area contributed by atoms with Crippen LogP contribution in [0.5, 0.6) is 0 Å². The maximum atomic E-state index is 12.8. The molecule has 3 aromatic rings. The van der Waals surface area contributed by atoms with E-state index in [-0.39, 0.29) is 11.0 Å². The maximum absolute atomic E-state index is 12.8. The van der Waals surface area contributed by atoms with E-state index in [2.05, 4.69) is 46.7 Å². The molecule has 0 unspecified atom stereocenters. The molecule has 1 aliphatic rings. The molecule has 4 nitrogen and oxygen atoms in total. The zero-order chi connectivity index (χ0) is 18.8. The highest BCUT2D eigenvalue weighted by molar-refractivity contribution is 8.02. The molecule has 1 aromatic heterocycles. The Morgan fingerprint density at radius 1 is 1.11 bits per heavy atom. The minimum atomic E-state index is -0.190. The molecule has 1 aliphatic carbocycles. The first kappa shape index (κ1) is 18.2. The summed E-state index contributed by atoms with van der Waals surface area (Å²) in [7, 11) is 0. The average Bonchev–Trinajstić information content (AvgIpc) is 3.31. The quantitative estimate of drug-likeness (QED) is 0.445. The summed E-state index contributed by atoms with van der Waals surface area (Å²) in [5, 5.41) is 12.2. The van der Waals surface area contributed by atoms with Crippen molar-refractivity contribution in [3.8, 4) is 0 Å². The SMILES string of the molecule is Cc1ccc(Nc2nnc(S[C@@H](C)C(=O)c3ccc4c(c3)CCC4)s2)cc1. The Balaban J connectivity index is 1.40. The van der Waals surface area contributed by atoms with Gasteiger partial charge in [-0.1, -0.05) is 52.9 Å². The van der Waals surface area contributed by atoms with Crippen molar-refractivity contribution >= 4 is 39.7 Å². The molecule has 0 aliphatic heterocycles. The largest absolute Gasteiger partial charge is 0.330 e. The van der Waals surface area contributed by atoms with Crippen LogP contribution in [0.1, 0.15) is 40.4 Å². The predicted octanol–water partition coefficient (Wildman–Crippen LogP) is 5.44. The maximum Gasteiger partial charge on any atom is 0.210 e. The van der Waals surface area contributed by atoms with Gasteiger partial charge in [0.05, 0.1) is 5.25 Å². The molecule has 1 N–H and O–H groups in total. The van der Waals surface area contributed by atoms with Crippen molar-refractivity contribution in [3.05, 3.63) is 64.7 Å². The third kappa shape index (κ3) is 4.22. The second kappa shape index (κ2) is 7.82. The van der Waals surface area contributed by atoms with Crippen molar-refractivity contribution in [1.29, 1.82) is 0 Å². The van der Waals surface area contributed by atoms with Gasteiger partial charge in [-0.25, -0.2) is 0 Å². The van der Waals surface area contributed by atoms with Gasteiger partial charge in [0.2, 0.25) is 5.13 Å². The van der Waals surface area contributed by atoms with Gasteiger partial charge >= 0.3 is 0 Å². The molecule has 0 saturated heterocycles. The minimum absolute atomic E-state index is 0.151. The highest BCUT2D eigenvalue weighted by atomic mass is 32.2. The average molecular weight is 396 g/mol. The Hall–Kier alpha value is -2.18. The summed E-state index contributed by atoms with van der Waals surface area (Å²) in [6.07, 6.45) is 3.41. The lowest BCUT2D eigenvalue weighted by Crippen LogP contribution is -2.13. The molecule has 0 bridgehead atoms. The molecule has 2 aromatic carbocycles. The third-order valence-electron chi connectivity index (χ3n) is 4.74. The molecule has 138 valence electrons. The lowest BCUT2D eigenvalue weighted by atomic mass is 10.0. The van der Waals surface area contributed by atoms with E-state index in [0.29, 0.717) is 0 Å². The number of thioether (sulfide) groups is 1. The second-order valence-electron chi connectivity index (χ2n) is 6.83. The number of aromatic nitrogens is 2. The Morgan fingerprint density at radius 3 is 2.70 bits per heavy atom. The number of anilines is 2. The number of aryl methyl sites for hydroxylation is 3. The summed E-state index contributed by atoms with van der Waals surface area (Å²) in [6.45, 7) is 4.00. The van der Waals surface area contributed by atoms with Crippen LogP contribution in [0.3, 0.4) is 0 Å². The van der Waals surface area contributed by atoms with Gasteiger partial charge in [-0.15, -0.1) is 10.2 Å². The fourth-order valence-electron chi connectivity index (χ4n) is 3.23. The number of rotatable bonds is 6. The van der Waals surface area contributed by atoms with Gasteiger partial charge in [-0.2, -0.15) is 0 Å². The van der Waals surface area contributed by atoms with E-state index in [4.69, 9.17) is 0 Å². The van der Waals surface area contributed by atoms with Crippen molar-refractivity contribution in [1.82, 2.24) is 10.2 Å². The summed E-state index contributed by atoms with van der Waals surface area (Å²) < 4.78 is 0.798. The van der Waals surface area contributed by atoms with E-state index >= 15 is 0 Å². The van der Waals surface area contributed by atoms with Crippen LogP contribution >= 0.6 is 23.1 Å². The van der Waals surface area contributed by atoms with E-state index in [1.54, 1.807) is 0 Å². The summed E-state index contributed by atoms with van der Waals surface area (Å²) in [4.78, 5) is 12.8. The van der Waals surface area contributed by atoms with Gasteiger partial charge in [-0.05, 0) is 62.4 Å². The highest BCUT2D eigenvalue weighted by Gasteiger charge is 2.21. The Labute approximate surface area is 167 Å². The monoisotopic (exact) mass is 395 g/mol. The van der Waals surface area contributed by atoms with Crippen LogP contribution in [-0.2, 0) is 12.8 Å². The number of Topliss-reactive ketones (excluding diaryl/α,β-unsaturated/α-hetero) is 1. The number of hydrogen-bond donors (Lipinski definition) is 1. The number of nitrogens with one attached hydrogen (secondary N) is 1. The first-order chi connectivity index (χ1) is 13.1. The molecule has 0 saturated carbocycles. The lowest BCUT2D eigenvalue weighted by Gasteiger charge is -2.09. The third-order valence-corrected chi connectivity index (χ3v) is 6.76. The van der Waals surface area contributed by atoms with E-state index in [1.807, 2.05) is 25.1 Å². The van der Waals surface area contributed by atoms with Crippen molar-refractivity contribution < 1.29 is 4.79 Å². The Bertz CT molecular complexity index is 966. The summed E-state index contributed by atoms with van der Waals surface area (Å²) in [5.41, 5.74) is 5.73. The Kier molecular flexibility index (Phi) is 5.27. The standard InChI is InChI=1S/C21H21N3OS2/c1-13-6-10-18(11-7-13)22-20-23-24-21(27-20)26-14(2)19(25)17-9-8-15-4-3-5-16(15)12-17/h6-12,14H,3-5H2,1-2H3,(H,22,23)/t14-/m0/s1. The molecule has 1 atom stereocenters. The van der Waals surface area contributed by atoms with Crippen LogP contribution < -0.4 is 5.32 Å². The second-order valence-corrected chi connectivity index (χ2v) is 9.39. The minimum Gasteiger partial charge on any atom is -0.330 e. The molecular formula is C21H21N3OS2. The number of ketones is 1. The topological polar surface area (TPSA) is 54.9 Å². The smallest absolute Gasteiger partial charge is 0.210 e.